The molecule has 0 aliphatic heterocycles. The minimum absolute atomic E-state index is 0.0969. The van der Waals surface area contributed by atoms with Gasteiger partial charge in [-0.25, -0.2) is 9.59 Å². The second-order valence-electron chi connectivity index (χ2n) is 11.4. The number of aliphatic carboxylic acids is 1. The van der Waals surface area contributed by atoms with Gasteiger partial charge in [0.1, 0.15) is 18.7 Å². The molecule has 2 aromatic carbocycles. The summed E-state index contributed by atoms with van der Waals surface area (Å²) in [6.45, 7) is 11.2. The van der Waals surface area contributed by atoms with Gasteiger partial charge in [-0.3, -0.25) is 4.79 Å². The monoisotopic (exact) mass is 480 g/mol. The first-order valence-corrected chi connectivity index (χ1v) is 11.9. The Labute approximate surface area is 207 Å². The third-order valence-corrected chi connectivity index (χ3v) is 6.17. The molecule has 0 saturated carbocycles. The van der Waals surface area contributed by atoms with E-state index in [0.29, 0.717) is 6.42 Å². The summed E-state index contributed by atoms with van der Waals surface area (Å²) in [4.78, 5) is 37.6. The number of fused-ring (bicyclic) bond motifs is 3. The number of carboxylic acids is 1. The molecule has 2 unspecified atom stereocenters. The first kappa shape index (κ1) is 26.3. The van der Waals surface area contributed by atoms with E-state index in [2.05, 4.69) is 22.8 Å². The number of carbonyl (C=O) groups excluding carboxylic acids is 2. The van der Waals surface area contributed by atoms with Crippen molar-refractivity contribution in [2.45, 2.75) is 66.0 Å². The maximum atomic E-state index is 13.1. The van der Waals surface area contributed by atoms with Crippen LogP contribution in [0.4, 0.5) is 4.79 Å². The van der Waals surface area contributed by atoms with Crippen LogP contribution in [0.5, 0.6) is 0 Å². The standard InChI is InChI=1S/C28H36N2O5/c1-27(2,3)15-22(24(31)30-23(25(32)33)28(4,5)6)29-26(34)35-16-21-19-13-9-7-11-17(19)18-12-8-10-14-20(18)21/h7-14,21-23H,15-16H2,1-6H3,(H,29,34)(H,30,31)(H,32,33). The molecule has 2 atom stereocenters. The van der Waals surface area contributed by atoms with Crippen LogP contribution in [-0.2, 0) is 14.3 Å². The molecular weight excluding hydrogens is 444 g/mol. The molecule has 7 nitrogen and oxygen atoms in total. The number of nitrogens with one attached hydrogen (secondary N) is 2. The lowest BCUT2D eigenvalue weighted by atomic mass is 9.85. The second kappa shape index (κ2) is 10.1. The number of carboxylic acid groups (broad SMARTS) is 1. The number of carbonyl (C=O) groups is 3. The summed E-state index contributed by atoms with van der Waals surface area (Å²) in [7, 11) is 0. The maximum Gasteiger partial charge on any atom is 0.407 e. The van der Waals surface area contributed by atoms with Crippen molar-refractivity contribution in [3.8, 4) is 11.1 Å². The van der Waals surface area contributed by atoms with Crippen molar-refractivity contribution in [2.75, 3.05) is 6.61 Å². The highest BCUT2D eigenvalue weighted by molar-refractivity contribution is 5.89. The molecular formula is C28H36N2O5. The molecule has 35 heavy (non-hydrogen) atoms. The minimum Gasteiger partial charge on any atom is -0.480 e. The zero-order valence-corrected chi connectivity index (χ0v) is 21.3. The highest BCUT2D eigenvalue weighted by Gasteiger charge is 2.36. The van der Waals surface area contributed by atoms with Crippen LogP contribution in [0, 0.1) is 10.8 Å². The fourth-order valence-corrected chi connectivity index (χ4v) is 4.50. The van der Waals surface area contributed by atoms with E-state index in [-0.39, 0.29) is 17.9 Å². The Morgan fingerprint density at radius 1 is 0.886 bits per heavy atom. The molecule has 0 spiro atoms. The molecule has 0 fully saturated rings. The molecule has 1 aliphatic rings. The van der Waals surface area contributed by atoms with Crippen molar-refractivity contribution in [3.05, 3.63) is 59.7 Å². The van der Waals surface area contributed by atoms with Gasteiger partial charge in [-0.15, -0.1) is 0 Å². The third-order valence-electron chi connectivity index (χ3n) is 6.17. The summed E-state index contributed by atoms with van der Waals surface area (Å²) in [5.41, 5.74) is 3.46. The molecule has 0 radical (unpaired) electrons. The van der Waals surface area contributed by atoms with Gasteiger partial charge in [0.25, 0.3) is 0 Å². The zero-order valence-electron chi connectivity index (χ0n) is 21.3. The van der Waals surface area contributed by atoms with Crippen LogP contribution in [0.3, 0.4) is 0 Å². The Morgan fingerprint density at radius 2 is 1.40 bits per heavy atom. The predicted octanol–water partition coefficient (Wildman–Crippen LogP) is 4.95. The molecule has 3 N–H and O–H groups in total. The van der Waals surface area contributed by atoms with Crippen LogP contribution in [0.15, 0.2) is 48.5 Å². The smallest absolute Gasteiger partial charge is 0.407 e. The normalized spacial score (nSPS) is 14.9. The topological polar surface area (TPSA) is 105 Å². The Hall–Kier alpha value is -3.35. The van der Waals surface area contributed by atoms with E-state index in [1.54, 1.807) is 20.8 Å². The van der Waals surface area contributed by atoms with Gasteiger partial charge in [-0.2, -0.15) is 0 Å². The molecule has 2 amide bonds. The summed E-state index contributed by atoms with van der Waals surface area (Å²) in [6.07, 6.45) is -0.390. The van der Waals surface area contributed by atoms with Crippen molar-refractivity contribution in [3.63, 3.8) is 0 Å². The van der Waals surface area contributed by atoms with Gasteiger partial charge in [0.05, 0.1) is 0 Å². The van der Waals surface area contributed by atoms with Gasteiger partial charge >= 0.3 is 12.1 Å². The van der Waals surface area contributed by atoms with Crippen LogP contribution in [-0.4, -0.2) is 41.8 Å². The van der Waals surface area contributed by atoms with E-state index in [9.17, 15) is 19.5 Å². The average molecular weight is 481 g/mol. The first-order valence-electron chi connectivity index (χ1n) is 11.9. The van der Waals surface area contributed by atoms with E-state index < -0.39 is 35.5 Å². The summed E-state index contributed by atoms with van der Waals surface area (Å²) < 4.78 is 5.61. The SMILES string of the molecule is CC(C)(C)CC(NC(=O)OCC1c2ccccc2-c2ccccc21)C(=O)NC(C(=O)O)C(C)(C)C. The number of amides is 2. The molecule has 188 valence electrons. The van der Waals surface area contributed by atoms with Gasteiger partial charge in [0, 0.05) is 5.92 Å². The van der Waals surface area contributed by atoms with Crippen LogP contribution in [0.25, 0.3) is 11.1 Å². The molecule has 2 aromatic rings. The van der Waals surface area contributed by atoms with Crippen LogP contribution in [0.2, 0.25) is 0 Å². The predicted molar refractivity (Wildman–Crippen MR) is 135 cm³/mol. The number of rotatable bonds is 7. The number of hydrogen-bond acceptors (Lipinski definition) is 4. The van der Waals surface area contributed by atoms with Crippen LogP contribution < -0.4 is 10.6 Å². The van der Waals surface area contributed by atoms with E-state index >= 15 is 0 Å². The van der Waals surface area contributed by atoms with Crippen molar-refractivity contribution in [1.82, 2.24) is 10.6 Å². The molecule has 0 saturated heterocycles. The van der Waals surface area contributed by atoms with Crippen LogP contribution in [0.1, 0.15) is 65.0 Å². The molecule has 7 heteroatoms. The molecule has 0 heterocycles. The lowest BCUT2D eigenvalue weighted by Gasteiger charge is -2.31. The fourth-order valence-electron chi connectivity index (χ4n) is 4.50. The number of ether oxygens (including phenoxy) is 1. The lowest BCUT2D eigenvalue weighted by molar-refractivity contribution is -0.145. The number of hydrogen-bond donors (Lipinski definition) is 3. The minimum atomic E-state index is -1.12. The zero-order chi connectivity index (χ0) is 26.0. The summed E-state index contributed by atoms with van der Waals surface area (Å²) in [5.74, 6) is -1.77. The van der Waals surface area contributed by atoms with Crippen LogP contribution >= 0.6 is 0 Å². The molecule has 1 aliphatic carbocycles. The van der Waals surface area contributed by atoms with Crippen molar-refractivity contribution in [2.24, 2.45) is 10.8 Å². The summed E-state index contributed by atoms with van der Waals surface area (Å²) in [5, 5.41) is 14.9. The Morgan fingerprint density at radius 3 is 1.86 bits per heavy atom. The van der Waals surface area contributed by atoms with Crippen molar-refractivity contribution >= 4 is 18.0 Å². The molecule has 0 bridgehead atoms. The fraction of sp³-hybridized carbons (Fsp3) is 0.464. The lowest BCUT2D eigenvalue weighted by Crippen LogP contribution is -2.56. The third kappa shape index (κ3) is 6.41. The highest BCUT2D eigenvalue weighted by Crippen LogP contribution is 2.44. The van der Waals surface area contributed by atoms with Gasteiger partial charge in [-0.1, -0.05) is 90.1 Å². The Bertz CT molecular complexity index is 1050. The Balaban J connectivity index is 1.72. The van der Waals surface area contributed by atoms with E-state index in [1.807, 2.05) is 57.2 Å². The van der Waals surface area contributed by atoms with Gasteiger partial charge in [-0.05, 0) is 39.5 Å². The van der Waals surface area contributed by atoms with Gasteiger partial charge < -0.3 is 20.5 Å². The summed E-state index contributed by atoms with van der Waals surface area (Å²) >= 11 is 0. The number of alkyl carbamates (subject to hydrolysis) is 1. The highest BCUT2D eigenvalue weighted by atomic mass is 16.5. The largest absolute Gasteiger partial charge is 0.480 e. The molecule has 0 aromatic heterocycles. The second-order valence-corrected chi connectivity index (χ2v) is 11.4. The number of benzene rings is 2. The van der Waals surface area contributed by atoms with E-state index in [1.165, 1.54) is 0 Å². The van der Waals surface area contributed by atoms with Gasteiger partial charge in [0.15, 0.2) is 0 Å². The van der Waals surface area contributed by atoms with Gasteiger partial charge in [0.2, 0.25) is 5.91 Å². The van der Waals surface area contributed by atoms with Crippen molar-refractivity contribution in [1.29, 1.82) is 0 Å². The quantitative estimate of drug-likeness (QED) is 0.520. The first-order chi connectivity index (χ1) is 16.3. The molecule has 3 rings (SSSR count). The maximum absolute atomic E-state index is 13.1. The average Bonchev–Trinajstić information content (AvgIpc) is 3.07. The van der Waals surface area contributed by atoms with Crippen molar-refractivity contribution < 1.29 is 24.2 Å². The van der Waals surface area contributed by atoms with E-state index in [4.69, 9.17) is 4.74 Å². The van der Waals surface area contributed by atoms with E-state index in [0.717, 1.165) is 22.3 Å². The summed E-state index contributed by atoms with van der Waals surface area (Å²) in [6, 6.07) is 14.1. The Kier molecular flexibility index (Phi) is 7.58.